The molecule has 0 bridgehead atoms. The molecule has 1 saturated heterocycles. The Hall–Kier alpha value is -0.420. The third kappa shape index (κ3) is 4.61. The van der Waals surface area contributed by atoms with Crippen molar-refractivity contribution >= 4 is 16.7 Å². The molecule has 1 aliphatic rings. The third-order valence-corrected chi connectivity index (χ3v) is 3.82. The molecule has 1 rings (SSSR count). The summed E-state index contributed by atoms with van der Waals surface area (Å²) in [6.45, 7) is 3.67. The molecule has 0 aliphatic carbocycles. The lowest BCUT2D eigenvalue weighted by Crippen LogP contribution is -2.51. The number of carbonyl (C=O) groups excluding carboxylic acids is 1. The fourth-order valence-corrected chi connectivity index (χ4v) is 2.55. The Morgan fingerprint density at radius 2 is 2.31 bits per heavy atom. The van der Waals surface area contributed by atoms with Gasteiger partial charge in [-0.15, -0.1) is 0 Å². The highest BCUT2D eigenvalue weighted by Gasteiger charge is 2.26. The molecule has 1 heterocycles. The van der Waals surface area contributed by atoms with Gasteiger partial charge in [-0.05, 0) is 31.7 Å². The molecule has 0 aromatic carbocycles. The van der Waals surface area contributed by atoms with Crippen LogP contribution in [0.2, 0.25) is 0 Å². The standard InChI is InChI=1S/C11H22N2O2S/c1-9-5-3-6-12-10(9)11(14)13-7-4-8-16(2)15/h9-10,12H,3-8H2,1-2H3,(H,13,14). The van der Waals surface area contributed by atoms with E-state index in [0.717, 1.165) is 25.8 Å². The van der Waals surface area contributed by atoms with Crippen LogP contribution in [0.1, 0.15) is 26.2 Å². The smallest absolute Gasteiger partial charge is 0.237 e. The van der Waals surface area contributed by atoms with Gasteiger partial charge < -0.3 is 10.6 Å². The van der Waals surface area contributed by atoms with Crippen molar-refractivity contribution in [2.75, 3.05) is 25.1 Å². The second kappa shape index (κ2) is 7.01. The summed E-state index contributed by atoms with van der Waals surface area (Å²) in [7, 11) is -0.759. The molecule has 5 heteroatoms. The third-order valence-electron chi connectivity index (χ3n) is 2.96. The maximum atomic E-state index is 11.8. The van der Waals surface area contributed by atoms with Gasteiger partial charge in [0.05, 0.1) is 6.04 Å². The van der Waals surface area contributed by atoms with E-state index < -0.39 is 10.8 Å². The largest absolute Gasteiger partial charge is 0.355 e. The zero-order valence-corrected chi connectivity index (χ0v) is 10.9. The van der Waals surface area contributed by atoms with Gasteiger partial charge in [0.2, 0.25) is 5.91 Å². The molecule has 16 heavy (non-hydrogen) atoms. The fourth-order valence-electron chi connectivity index (χ4n) is 2.00. The quantitative estimate of drug-likeness (QED) is 0.684. The van der Waals surface area contributed by atoms with Gasteiger partial charge in [-0.1, -0.05) is 6.92 Å². The molecule has 0 radical (unpaired) electrons. The molecule has 0 aromatic rings. The van der Waals surface area contributed by atoms with Crippen LogP contribution >= 0.6 is 0 Å². The van der Waals surface area contributed by atoms with Crippen LogP contribution in [0, 0.1) is 5.92 Å². The average molecular weight is 246 g/mol. The molecule has 4 nitrogen and oxygen atoms in total. The second-order valence-electron chi connectivity index (χ2n) is 4.47. The van der Waals surface area contributed by atoms with E-state index in [4.69, 9.17) is 0 Å². The minimum atomic E-state index is -0.759. The monoisotopic (exact) mass is 246 g/mol. The summed E-state index contributed by atoms with van der Waals surface area (Å²) < 4.78 is 10.8. The molecule has 1 fully saturated rings. The molecular weight excluding hydrogens is 224 g/mol. The average Bonchev–Trinajstić information content (AvgIpc) is 2.24. The van der Waals surface area contributed by atoms with Crippen LogP contribution in [0.4, 0.5) is 0 Å². The van der Waals surface area contributed by atoms with Gasteiger partial charge in [-0.25, -0.2) is 0 Å². The van der Waals surface area contributed by atoms with Gasteiger partial charge in [0.15, 0.2) is 0 Å². The molecule has 0 saturated carbocycles. The van der Waals surface area contributed by atoms with E-state index in [-0.39, 0.29) is 11.9 Å². The lowest BCUT2D eigenvalue weighted by Gasteiger charge is -2.28. The van der Waals surface area contributed by atoms with E-state index in [1.54, 1.807) is 6.26 Å². The van der Waals surface area contributed by atoms with Gasteiger partial charge in [-0.3, -0.25) is 9.00 Å². The number of amides is 1. The highest BCUT2D eigenvalue weighted by Crippen LogP contribution is 2.15. The summed E-state index contributed by atoms with van der Waals surface area (Å²) in [6, 6.07) is -0.0409. The Kier molecular flexibility index (Phi) is 5.98. The van der Waals surface area contributed by atoms with Gasteiger partial charge in [-0.2, -0.15) is 0 Å². The first-order valence-electron chi connectivity index (χ1n) is 5.92. The Bertz CT molecular complexity index is 258. The molecule has 0 aromatic heterocycles. The van der Waals surface area contributed by atoms with Crippen molar-refractivity contribution in [2.45, 2.75) is 32.2 Å². The van der Waals surface area contributed by atoms with Gasteiger partial charge in [0.25, 0.3) is 0 Å². The van der Waals surface area contributed by atoms with Crippen molar-refractivity contribution in [1.29, 1.82) is 0 Å². The number of nitrogens with one attached hydrogen (secondary N) is 2. The molecule has 3 unspecified atom stereocenters. The maximum Gasteiger partial charge on any atom is 0.237 e. The normalized spacial score (nSPS) is 27.4. The van der Waals surface area contributed by atoms with E-state index in [1.807, 2.05) is 0 Å². The van der Waals surface area contributed by atoms with Crippen molar-refractivity contribution < 1.29 is 9.00 Å². The van der Waals surface area contributed by atoms with Gasteiger partial charge >= 0.3 is 0 Å². The minimum absolute atomic E-state index is 0.0409. The predicted molar refractivity (Wildman–Crippen MR) is 66.7 cm³/mol. The number of carbonyl (C=O) groups is 1. The van der Waals surface area contributed by atoms with Crippen molar-refractivity contribution in [3.63, 3.8) is 0 Å². The van der Waals surface area contributed by atoms with Crippen LogP contribution in [0.3, 0.4) is 0 Å². The van der Waals surface area contributed by atoms with E-state index >= 15 is 0 Å². The van der Waals surface area contributed by atoms with Crippen LogP contribution in [-0.2, 0) is 15.6 Å². The summed E-state index contributed by atoms with van der Waals surface area (Å²) in [5, 5.41) is 6.15. The van der Waals surface area contributed by atoms with Crippen LogP contribution in [-0.4, -0.2) is 41.3 Å². The first-order chi connectivity index (χ1) is 7.61. The zero-order chi connectivity index (χ0) is 12.0. The Labute approximate surface area is 100 Å². The molecular formula is C11H22N2O2S. The first-order valence-corrected chi connectivity index (χ1v) is 7.65. The summed E-state index contributed by atoms with van der Waals surface area (Å²) in [4.78, 5) is 11.8. The summed E-state index contributed by atoms with van der Waals surface area (Å²) in [6.07, 6.45) is 4.74. The van der Waals surface area contributed by atoms with Gasteiger partial charge in [0, 0.05) is 29.4 Å². The second-order valence-corrected chi connectivity index (χ2v) is 6.03. The van der Waals surface area contributed by atoms with Crippen molar-refractivity contribution in [3.05, 3.63) is 0 Å². The van der Waals surface area contributed by atoms with Crippen LogP contribution in [0.25, 0.3) is 0 Å². The molecule has 0 spiro atoms. The molecule has 1 aliphatic heterocycles. The first kappa shape index (κ1) is 13.6. The Morgan fingerprint density at radius 3 is 2.94 bits per heavy atom. The Morgan fingerprint density at radius 1 is 1.56 bits per heavy atom. The number of piperidine rings is 1. The number of hydrogen-bond donors (Lipinski definition) is 2. The lowest BCUT2D eigenvalue weighted by molar-refractivity contribution is -0.124. The van der Waals surface area contributed by atoms with Crippen molar-refractivity contribution in [1.82, 2.24) is 10.6 Å². The van der Waals surface area contributed by atoms with Crippen molar-refractivity contribution in [3.8, 4) is 0 Å². The van der Waals surface area contributed by atoms with Crippen molar-refractivity contribution in [2.24, 2.45) is 5.92 Å². The van der Waals surface area contributed by atoms with E-state index in [2.05, 4.69) is 17.6 Å². The molecule has 94 valence electrons. The van der Waals surface area contributed by atoms with E-state index in [9.17, 15) is 9.00 Å². The maximum absolute atomic E-state index is 11.8. The highest BCUT2D eigenvalue weighted by molar-refractivity contribution is 7.84. The lowest BCUT2D eigenvalue weighted by atomic mass is 9.92. The molecule has 2 N–H and O–H groups in total. The fraction of sp³-hybridized carbons (Fsp3) is 0.909. The number of hydrogen-bond acceptors (Lipinski definition) is 3. The zero-order valence-electron chi connectivity index (χ0n) is 10.1. The molecule has 3 atom stereocenters. The number of rotatable bonds is 5. The summed E-state index contributed by atoms with van der Waals surface area (Å²) >= 11 is 0. The van der Waals surface area contributed by atoms with Crippen LogP contribution in [0.5, 0.6) is 0 Å². The predicted octanol–water partition coefficient (Wildman–Crippen LogP) is 0.259. The molecule has 1 amide bonds. The van der Waals surface area contributed by atoms with E-state index in [0.29, 0.717) is 18.2 Å². The highest BCUT2D eigenvalue weighted by atomic mass is 32.2. The SMILES string of the molecule is CC1CCCNC1C(=O)NCCCS(C)=O. The van der Waals surface area contributed by atoms with Crippen LogP contribution in [0.15, 0.2) is 0 Å². The minimum Gasteiger partial charge on any atom is -0.355 e. The summed E-state index contributed by atoms with van der Waals surface area (Å²) in [5.74, 6) is 1.16. The van der Waals surface area contributed by atoms with Gasteiger partial charge in [0.1, 0.15) is 0 Å². The topological polar surface area (TPSA) is 58.2 Å². The van der Waals surface area contributed by atoms with Crippen LogP contribution < -0.4 is 10.6 Å². The summed E-state index contributed by atoms with van der Waals surface area (Å²) in [5.41, 5.74) is 0. The van der Waals surface area contributed by atoms with E-state index in [1.165, 1.54) is 0 Å². The Balaban J connectivity index is 2.20.